The fourth-order valence-electron chi connectivity index (χ4n) is 0.420. The van der Waals surface area contributed by atoms with E-state index >= 15 is 0 Å². The average molecular weight is 121 g/mol. The second-order valence-electron chi connectivity index (χ2n) is 1.43. The zero-order valence-electron chi connectivity index (χ0n) is 4.90. The largest absolute Gasteiger partial charge is 0.471 e. The maximum atomic E-state index is 4.83. The number of hydrogen-bond donors (Lipinski definition) is 0. The Labute approximate surface area is 53.5 Å². The summed E-state index contributed by atoms with van der Waals surface area (Å²) >= 11 is 0. The molecule has 1 heterocycles. The third kappa shape index (κ3) is 2.49. The second kappa shape index (κ2) is 3.66. The topological polar surface area (TPSA) is 26.0 Å². The molecule has 0 N–H and O–H groups in total. The third-order valence-electron chi connectivity index (χ3n) is 0.777. The highest BCUT2D eigenvalue weighted by atomic mass is 16.3. The molecule has 1 aromatic rings. The molecule has 0 aliphatic heterocycles. The molecule has 0 amide bonds. The van der Waals surface area contributed by atoms with E-state index in [1.165, 1.54) is 6.26 Å². The van der Waals surface area contributed by atoms with Gasteiger partial charge < -0.3 is 4.42 Å². The van der Waals surface area contributed by atoms with Crippen molar-refractivity contribution in [1.29, 1.82) is 0 Å². The van der Waals surface area contributed by atoms with Crippen molar-refractivity contribution in [2.45, 2.75) is 0 Å². The van der Waals surface area contributed by atoms with Crippen LogP contribution in [0.15, 0.2) is 47.5 Å². The van der Waals surface area contributed by atoms with Gasteiger partial charge in [-0.2, -0.15) is 0 Å². The minimum atomic E-state index is 1.51. The van der Waals surface area contributed by atoms with Gasteiger partial charge in [-0.3, -0.25) is 4.98 Å². The molecule has 2 heteroatoms. The molecule has 9 heavy (non-hydrogen) atoms. The molecular formula is C7H7NO. The van der Waals surface area contributed by atoms with Crippen LogP contribution in [-0.4, -0.2) is 4.98 Å². The van der Waals surface area contributed by atoms with E-state index in [0.29, 0.717) is 0 Å². The summed E-state index contributed by atoms with van der Waals surface area (Å²) < 4.78 is 4.83. The van der Waals surface area contributed by atoms with Crippen LogP contribution in [-0.2, 0) is 0 Å². The van der Waals surface area contributed by atoms with Crippen LogP contribution >= 0.6 is 0 Å². The van der Waals surface area contributed by atoms with Gasteiger partial charge in [0.2, 0.25) is 0 Å². The molecule has 0 bridgehead atoms. The van der Waals surface area contributed by atoms with Crippen LogP contribution in [0.1, 0.15) is 0 Å². The van der Waals surface area contributed by atoms with E-state index in [2.05, 4.69) is 4.98 Å². The van der Waals surface area contributed by atoms with Crippen LogP contribution in [0.2, 0.25) is 0 Å². The van der Waals surface area contributed by atoms with Crippen molar-refractivity contribution in [1.82, 2.24) is 4.98 Å². The standard InChI is InChI=1S/C7H7NO/c1-2-4-8-5-7-9-6-3-1/h1-7H. The van der Waals surface area contributed by atoms with Gasteiger partial charge in [-0.15, -0.1) is 0 Å². The Bertz CT molecular complexity index is 131. The summed E-state index contributed by atoms with van der Waals surface area (Å²) in [6.45, 7) is 0. The molecule has 0 aromatic carbocycles. The fourth-order valence-corrected chi connectivity index (χ4v) is 0.420. The normalized spacial score (nSPS) is 8.00. The molecule has 0 saturated heterocycles. The van der Waals surface area contributed by atoms with Gasteiger partial charge in [0.25, 0.3) is 0 Å². The SMILES string of the molecule is c1ccnccocc1. The first-order chi connectivity index (χ1) is 4.50. The molecule has 0 fully saturated rings. The summed E-state index contributed by atoms with van der Waals surface area (Å²) in [5.74, 6) is 0. The van der Waals surface area contributed by atoms with E-state index in [1.807, 2.05) is 12.1 Å². The van der Waals surface area contributed by atoms with Crippen LogP contribution in [0.4, 0.5) is 0 Å². The van der Waals surface area contributed by atoms with Gasteiger partial charge in [0, 0.05) is 6.20 Å². The van der Waals surface area contributed by atoms with Gasteiger partial charge in [-0.1, -0.05) is 6.07 Å². The molecule has 0 atom stereocenters. The summed E-state index contributed by atoms with van der Waals surface area (Å²) in [5, 5.41) is 0. The van der Waals surface area contributed by atoms with E-state index in [9.17, 15) is 0 Å². The Morgan fingerprint density at radius 3 is 2.89 bits per heavy atom. The Balaban J connectivity index is 3.04. The Morgan fingerprint density at radius 1 is 0.889 bits per heavy atom. The van der Waals surface area contributed by atoms with Crippen LogP contribution < -0.4 is 0 Å². The van der Waals surface area contributed by atoms with Crippen molar-refractivity contribution in [2.24, 2.45) is 0 Å². The lowest BCUT2D eigenvalue weighted by atomic mass is 10.6. The molecule has 1 aromatic heterocycles. The lowest BCUT2D eigenvalue weighted by molar-refractivity contribution is 0.552. The quantitative estimate of drug-likeness (QED) is 0.523. The van der Waals surface area contributed by atoms with Crippen molar-refractivity contribution < 1.29 is 4.42 Å². The maximum absolute atomic E-state index is 4.83. The first kappa shape index (κ1) is 5.82. The van der Waals surface area contributed by atoms with Gasteiger partial charge in [-0.05, 0) is 12.1 Å². The van der Waals surface area contributed by atoms with Crippen LogP contribution in [0.5, 0.6) is 0 Å². The predicted octanol–water partition coefficient (Wildman–Crippen LogP) is 1.80. The Morgan fingerprint density at radius 2 is 1.89 bits per heavy atom. The highest BCUT2D eigenvalue weighted by Crippen LogP contribution is 1.76. The number of rotatable bonds is 0. The predicted molar refractivity (Wildman–Crippen MR) is 34.1 cm³/mol. The molecule has 0 radical (unpaired) electrons. The third-order valence-corrected chi connectivity index (χ3v) is 0.777. The highest BCUT2D eigenvalue weighted by molar-refractivity contribution is 4.83. The first-order valence-corrected chi connectivity index (χ1v) is 2.65. The van der Waals surface area contributed by atoms with Crippen molar-refractivity contribution in [3.8, 4) is 0 Å². The number of hydrogen-bond acceptors (Lipinski definition) is 2. The van der Waals surface area contributed by atoms with Gasteiger partial charge in [0.15, 0.2) is 0 Å². The lowest BCUT2D eigenvalue weighted by Gasteiger charge is -1.64. The summed E-state index contributed by atoms with van der Waals surface area (Å²) in [6.07, 6.45) is 6.37. The Hall–Kier alpha value is -1.31. The molecule has 0 saturated carbocycles. The maximum Gasteiger partial charge on any atom is 0.108 e. The summed E-state index contributed by atoms with van der Waals surface area (Å²) in [6, 6.07) is 5.47. The van der Waals surface area contributed by atoms with E-state index in [-0.39, 0.29) is 0 Å². The average Bonchev–Trinajstić information content (AvgIpc) is 2.00. The lowest BCUT2D eigenvalue weighted by Crippen LogP contribution is -1.52. The second-order valence-corrected chi connectivity index (χ2v) is 1.43. The zero-order valence-corrected chi connectivity index (χ0v) is 4.90. The van der Waals surface area contributed by atoms with Crippen molar-refractivity contribution in [3.05, 3.63) is 43.1 Å². The molecule has 2 nitrogen and oxygen atoms in total. The smallest absolute Gasteiger partial charge is 0.108 e. The number of nitrogens with zero attached hydrogens (tertiary/aromatic N) is 1. The van der Waals surface area contributed by atoms with Gasteiger partial charge in [0.1, 0.15) is 6.26 Å². The molecule has 0 aliphatic rings. The summed E-state index contributed by atoms with van der Waals surface area (Å²) in [7, 11) is 0. The molecule has 0 aliphatic carbocycles. The van der Waals surface area contributed by atoms with Crippen molar-refractivity contribution in [3.63, 3.8) is 0 Å². The van der Waals surface area contributed by atoms with Gasteiger partial charge >= 0.3 is 0 Å². The van der Waals surface area contributed by atoms with Crippen molar-refractivity contribution in [2.75, 3.05) is 0 Å². The molecule has 0 unspecified atom stereocenters. The Kier molecular flexibility index (Phi) is 2.37. The van der Waals surface area contributed by atoms with Gasteiger partial charge in [0.05, 0.1) is 12.5 Å². The number of aromatic nitrogens is 1. The summed E-state index contributed by atoms with van der Waals surface area (Å²) in [5.41, 5.74) is 0. The van der Waals surface area contributed by atoms with Crippen LogP contribution in [0, 0.1) is 0 Å². The molecular weight excluding hydrogens is 114 g/mol. The zero-order chi connectivity index (χ0) is 6.36. The minimum Gasteiger partial charge on any atom is -0.471 e. The van der Waals surface area contributed by atoms with Gasteiger partial charge in [-0.25, -0.2) is 0 Å². The monoisotopic (exact) mass is 121 g/mol. The first-order valence-electron chi connectivity index (χ1n) is 2.65. The minimum absolute atomic E-state index is 1.51. The van der Waals surface area contributed by atoms with Crippen molar-refractivity contribution >= 4 is 0 Å². The molecule has 0 spiro atoms. The fraction of sp³-hybridized carbons (Fsp3) is 0. The molecule has 46 valence electrons. The molecule has 1 rings (SSSR count). The van der Waals surface area contributed by atoms with Crippen LogP contribution in [0.25, 0.3) is 0 Å². The van der Waals surface area contributed by atoms with E-state index in [4.69, 9.17) is 4.42 Å². The summed E-state index contributed by atoms with van der Waals surface area (Å²) in [4.78, 5) is 3.83. The van der Waals surface area contributed by atoms with E-state index in [1.54, 1.807) is 24.7 Å². The highest BCUT2D eigenvalue weighted by Gasteiger charge is 1.59. The van der Waals surface area contributed by atoms with E-state index < -0.39 is 0 Å². The van der Waals surface area contributed by atoms with Crippen LogP contribution in [0.3, 0.4) is 0 Å². The van der Waals surface area contributed by atoms with E-state index in [0.717, 1.165) is 0 Å².